The molecule has 6 heteroatoms. The average molecular weight is 365 g/mol. The van der Waals surface area contributed by atoms with Crippen molar-refractivity contribution in [3.63, 3.8) is 0 Å². The first-order chi connectivity index (χ1) is 11.7. The highest BCUT2D eigenvalue weighted by Crippen LogP contribution is 2.18. The number of thiophene rings is 1. The van der Waals surface area contributed by atoms with Crippen molar-refractivity contribution in [1.82, 2.24) is 15.6 Å². The summed E-state index contributed by atoms with van der Waals surface area (Å²) >= 11 is 3.51. The second-order valence-corrected chi connectivity index (χ2v) is 7.67. The standard InChI is InChI=1S/C18H28N4S2/c1-4-19-18(21-11-14(2)16-8-10-23-13-16)20-9-6-5-7-17-22-15(3)12-24-17/h8,10,12-14H,4-7,9,11H2,1-3H3,(H2,19,20,21). The highest BCUT2D eigenvalue weighted by atomic mass is 32.1. The summed E-state index contributed by atoms with van der Waals surface area (Å²) < 4.78 is 0. The number of guanidine groups is 1. The van der Waals surface area contributed by atoms with Gasteiger partial charge in [0.15, 0.2) is 5.96 Å². The SMILES string of the molecule is CCNC(=NCC(C)c1ccsc1)NCCCCc1nc(C)cs1. The van der Waals surface area contributed by atoms with E-state index in [1.807, 2.05) is 0 Å². The number of thiazole rings is 1. The van der Waals surface area contributed by atoms with E-state index in [2.05, 4.69) is 58.6 Å². The molecule has 2 aromatic rings. The van der Waals surface area contributed by atoms with Gasteiger partial charge in [0.05, 0.1) is 5.01 Å². The summed E-state index contributed by atoms with van der Waals surface area (Å²) in [4.78, 5) is 9.23. The molecule has 1 atom stereocenters. The molecule has 2 heterocycles. The summed E-state index contributed by atoms with van der Waals surface area (Å²) in [5.74, 6) is 1.38. The van der Waals surface area contributed by atoms with E-state index >= 15 is 0 Å². The molecule has 0 saturated carbocycles. The molecule has 0 saturated heterocycles. The van der Waals surface area contributed by atoms with E-state index in [-0.39, 0.29) is 0 Å². The quantitative estimate of drug-likeness (QED) is 0.398. The van der Waals surface area contributed by atoms with Crippen LogP contribution in [0.3, 0.4) is 0 Å². The van der Waals surface area contributed by atoms with Crippen LogP contribution in [0.2, 0.25) is 0 Å². The molecule has 0 aliphatic carbocycles. The minimum absolute atomic E-state index is 0.458. The van der Waals surface area contributed by atoms with Crippen molar-refractivity contribution in [3.05, 3.63) is 38.5 Å². The molecule has 132 valence electrons. The molecule has 0 aromatic carbocycles. The van der Waals surface area contributed by atoms with Crippen molar-refractivity contribution >= 4 is 28.6 Å². The maximum Gasteiger partial charge on any atom is 0.191 e. The molecule has 1 unspecified atom stereocenters. The van der Waals surface area contributed by atoms with Gasteiger partial charge in [-0.05, 0) is 55.5 Å². The Hall–Kier alpha value is -1.40. The number of hydrogen-bond acceptors (Lipinski definition) is 4. The maximum absolute atomic E-state index is 4.72. The molecule has 4 nitrogen and oxygen atoms in total. The molecule has 0 fully saturated rings. The zero-order chi connectivity index (χ0) is 17.2. The lowest BCUT2D eigenvalue weighted by Gasteiger charge is -2.13. The van der Waals surface area contributed by atoms with Gasteiger partial charge < -0.3 is 10.6 Å². The van der Waals surface area contributed by atoms with E-state index < -0.39 is 0 Å². The predicted octanol–water partition coefficient (Wildman–Crippen LogP) is 4.19. The topological polar surface area (TPSA) is 49.3 Å². The average Bonchev–Trinajstić information content (AvgIpc) is 3.23. The Labute approximate surface area is 153 Å². The summed E-state index contributed by atoms with van der Waals surface area (Å²) in [6.07, 6.45) is 3.36. The largest absolute Gasteiger partial charge is 0.357 e. The minimum atomic E-state index is 0.458. The van der Waals surface area contributed by atoms with E-state index in [9.17, 15) is 0 Å². The Balaban J connectivity index is 1.69. The Bertz CT molecular complexity index is 604. The summed E-state index contributed by atoms with van der Waals surface area (Å²) in [5.41, 5.74) is 2.51. The van der Waals surface area contributed by atoms with Gasteiger partial charge in [-0.25, -0.2) is 4.98 Å². The van der Waals surface area contributed by atoms with Crippen LogP contribution in [0.25, 0.3) is 0 Å². The number of rotatable bonds is 9. The van der Waals surface area contributed by atoms with Crippen LogP contribution in [-0.2, 0) is 6.42 Å². The molecular weight excluding hydrogens is 336 g/mol. The number of nitrogens with one attached hydrogen (secondary N) is 2. The minimum Gasteiger partial charge on any atom is -0.357 e. The van der Waals surface area contributed by atoms with Crippen LogP contribution in [0.1, 0.15) is 48.9 Å². The van der Waals surface area contributed by atoms with Crippen molar-refractivity contribution in [3.8, 4) is 0 Å². The molecule has 0 aliphatic rings. The normalized spacial score (nSPS) is 13.0. The zero-order valence-electron chi connectivity index (χ0n) is 14.8. The Morgan fingerprint density at radius 1 is 1.29 bits per heavy atom. The Morgan fingerprint density at radius 2 is 2.17 bits per heavy atom. The summed E-state index contributed by atoms with van der Waals surface area (Å²) in [6, 6.07) is 2.19. The van der Waals surface area contributed by atoms with Gasteiger partial charge in [-0.2, -0.15) is 11.3 Å². The van der Waals surface area contributed by atoms with Gasteiger partial charge in [-0.1, -0.05) is 6.92 Å². The van der Waals surface area contributed by atoms with Crippen molar-refractivity contribution in [2.45, 2.75) is 46.0 Å². The van der Waals surface area contributed by atoms with Crippen molar-refractivity contribution in [2.75, 3.05) is 19.6 Å². The van der Waals surface area contributed by atoms with Gasteiger partial charge in [0, 0.05) is 36.6 Å². The lowest BCUT2D eigenvalue weighted by atomic mass is 10.1. The molecule has 2 aromatic heterocycles. The van der Waals surface area contributed by atoms with Gasteiger partial charge in [0.25, 0.3) is 0 Å². The number of nitrogens with zero attached hydrogens (tertiary/aromatic N) is 2. The molecule has 0 aliphatic heterocycles. The summed E-state index contributed by atoms with van der Waals surface area (Å²) in [7, 11) is 0. The summed E-state index contributed by atoms with van der Waals surface area (Å²) in [6.45, 7) is 9.03. The third-order valence-corrected chi connectivity index (χ3v) is 5.48. The number of hydrogen-bond donors (Lipinski definition) is 2. The molecule has 0 radical (unpaired) electrons. The first kappa shape index (κ1) is 18.9. The van der Waals surface area contributed by atoms with E-state index in [0.717, 1.165) is 50.6 Å². The molecular formula is C18H28N4S2. The van der Waals surface area contributed by atoms with Crippen LogP contribution in [0, 0.1) is 6.92 Å². The number of aromatic nitrogens is 1. The first-order valence-electron chi connectivity index (χ1n) is 8.64. The zero-order valence-corrected chi connectivity index (χ0v) is 16.5. The Morgan fingerprint density at radius 3 is 2.83 bits per heavy atom. The molecule has 24 heavy (non-hydrogen) atoms. The van der Waals surface area contributed by atoms with Crippen LogP contribution >= 0.6 is 22.7 Å². The molecule has 2 N–H and O–H groups in total. The fourth-order valence-electron chi connectivity index (χ4n) is 2.36. The molecule has 0 amide bonds. The van der Waals surface area contributed by atoms with Gasteiger partial charge in [0.2, 0.25) is 0 Å². The van der Waals surface area contributed by atoms with Crippen molar-refractivity contribution < 1.29 is 0 Å². The fraction of sp³-hybridized carbons (Fsp3) is 0.556. The first-order valence-corrected chi connectivity index (χ1v) is 10.5. The third kappa shape index (κ3) is 6.61. The van der Waals surface area contributed by atoms with Crippen LogP contribution < -0.4 is 10.6 Å². The van der Waals surface area contributed by atoms with E-state index in [1.54, 1.807) is 22.7 Å². The van der Waals surface area contributed by atoms with Gasteiger partial charge in [0.1, 0.15) is 0 Å². The fourth-order valence-corrected chi connectivity index (χ4v) is 3.96. The smallest absolute Gasteiger partial charge is 0.191 e. The highest BCUT2D eigenvalue weighted by molar-refractivity contribution is 7.09. The lowest BCUT2D eigenvalue weighted by molar-refractivity contribution is 0.687. The second kappa shape index (κ2) is 10.5. The number of aliphatic imine (C=N–C) groups is 1. The van der Waals surface area contributed by atoms with Crippen LogP contribution in [0.5, 0.6) is 0 Å². The van der Waals surface area contributed by atoms with Crippen molar-refractivity contribution in [2.24, 2.45) is 4.99 Å². The molecule has 0 spiro atoms. The van der Waals surface area contributed by atoms with Crippen molar-refractivity contribution in [1.29, 1.82) is 0 Å². The van der Waals surface area contributed by atoms with Gasteiger partial charge in [-0.3, -0.25) is 4.99 Å². The third-order valence-electron chi connectivity index (χ3n) is 3.76. The number of aryl methyl sites for hydroxylation is 2. The predicted molar refractivity (Wildman–Crippen MR) is 107 cm³/mol. The molecule has 0 bridgehead atoms. The summed E-state index contributed by atoms with van der Waals surface area (Å²) in [5, 5.41) is 14.5. The van der Waals surface area contributed by atoms with Gasteiger partial charge in [-0.15, -0.1) is 11.3 Å². The van der Waals surface area contributed by atoms with Crippen LogP contribution in [0.4, 0.5) is 0 Å². The van der Waals surface area contributed by atoms with E-state index in [1.165, 1.54) is 10.6 Å². The lowest BCUT2D eigenvalue weighted by Crippen LogP contribution is -2.38. The van der Waals surface area contributed by atoms with E-state index in [4.69, 9.17) is 4.99 Å². The maximum atomic E-state index is 4.72. The molecule has 2 rings (SSSR count). The monoisotopic (exact) mass is 364 g/mol. The van der Waals surface area contributed by atoms with E-state index in [0.29, 0.717) is 5.92 Å². The van der Waals surface area contributed by atoms with Gasteiger partial charge >= 0.3 is 0 Å². The Kier molecular flexibility index (Phi) is 8.25. The highest BCUT2D eigenvalue weighted by Gasteiger charge is 2.06. The number of unbranched alkanes of at least 4 members (excludes halogenated alkanes) is 1. The van der Waals surface area contributed by atoms with Crippen LogP contribution in [0.15, 0.2) is 27.2 Å². The second-order valence-electron chi connectivity index (χ2n) is 5.94. The van der Waals surface area contributed by atoms with Crippen LogP contribution in [-0.4, -0.2) is 30.6 Å².